The maximum Gasteiger partial charge on any atom is 0.303 e. The first-order valence-corrected chi connectivity index (χ1v) is 4.16. The SMILES string of the molecule is CC1=CCCC1(O)CCC(=O)O. The molecule has 0 aromatic heterocycles. The highest BCUT2D eigenvalue weighted by molar-refractivity contribution is 5.66. The molecule has 0 radical (unpaired) electrons. The van der Waals surface area contributed by atoms with Crippen molar-refractivity contribution in [3.05, 3.63) is 11.6 Å². The summed E-state index contributed by atoms with van der Waals surface area (Å²) in [6.07, 6.45) is 3.89. The Morgan fingerprint density at radius 1 is 1.75 bits per heavy atom. The summed E-state index contributed by atoms with van der Waals surface area (Å²) in [4.78, 5) is 10.3. The summed E-state index contributed by atoms with van der Waals surface area (Å²) in [5.74, 6) is -0.844. The molecule has 0 aromatic carbocycles. The van der Waals surface area contributed by atoms with Crippen LogP contribution in [0.2, 0.25) is 0 Å². The molecule has 3 nitrogen and oxygen atoms in total. The van der Waals surface area contributed by atoms with Gasteiger partial charge in [-0.15, -0.1) is 0 Å². The van der Waals surface area contributed by atoms with Gasteiger partial charge in [0, 0.05) is 6.42 Å². The van der Waals surface area contributed by atoms with Gasteiger partial charge in [-0.25, -0.2) is 0 Å². The van der Waals surface area contributed by atoms with E-state index in [1.165, 1.54) is 0 Å². The van der Waals surface area contributed by atoms with Gasteiger partial charge < -0.3 is 10.2 Å². The number of hydrogen-bond donors (Lipinski definition) is 2. The normalized spacial score (nSPS) is 28.7. The van der Waals surface area contributed by atoms with Crippen LogP contribution in [0.4, 0.5) is 0 Å². The molecular formula is C9H14O3. The van der Waals surface area contributed by atoms with E-state index in [1.54, 1.807) is 0 Å². The zero-order valence-corrected chi connectivity index (χ0v) is 7.21. The summed E-state index contributed by atoms with van der Waals surface area (Å²) < 4.78 is 0. The number of carboxylic acid groups (broad SMARTS) is 1. The number of aliphatic hydroxyl groups is 1. The monoisotopic (exact) mass is 170 g/mol. The van der Waals surface area contributed by atoms with Crippen LogP contribution in [0.15, 0.2) is 11.6 Å². The van der Waals surface area contributed by atoms with Crippen LogP contribution in [0, 0.1) is 0 Å². The quantitative estimate of drug-likeness (QED) is 0.628. The lowest BCUT2D eigenvalue weighted by Gasteiger charge is -2.23. The average Bonchev–Trinajstić information content (AvgIpc) is 2.30. The van der Waals surface area contributed by atoms with Gasteiger partial charge in [0.2, 0.25) is 0 Å². The zero-order chi connectivity index (χ0) is 9.19. The van der Waals surface area contributed by atoms with Gasteiger partial charge >= 0.3 is 5.97 Å². The van der Waals surface area contributed by atoms with Gasteiger partial charge in [-0.2, -0.15) is 0 Å². The molecule has 0 bridgehead atoms. The minimum atomic E-state index is -0.844. The van der Waals surface area contributed by atoms with Crippen LogP contribution in [-0.4, -0.2) is 21.8 Å². The van der Waals surface area contributed by atoms with E-state index >= 15 is 0 Å². The molecule has 1 unspecified atom stereocenters. The van der Waals surface area contributed by atoms with Gasteiger partial charge in [-0.3, -0.25) is 4.79 Å². The Hall–Kier alpha value is -0.830. The molecule has 1 rings (SSSR count). The predicted octanol–water partition coefficient (Wildman–Crippen LogP) is 1.32. The van der Waals surface area contributed by atoms with Crippen molar-refractivity contribution in [2.45, 2.75) is 38.2 Å². The Kier molecular flexibility index (Phi) is 2.52. The Morgan fingerprint density at radius 2 is 2.42 bits per heavy atom. The van der Waals surface area contributed by atoms with Crippen LogP contribution >= 0.6 is 0 Å². The number of carbonyl (C=O) groups is 1. The van der Waals surface area contributed by atoms with Crippen molar-refractivity contribution in [3.8, 4) is 0 Å². The molecule has 0 amide bonds. The zero-order valence-electron chi connectivity index (χ0n) is 7.21. The van der Waals surface area contributed by atoms with Gasteiger partial charge in [0.15, 0.2) is 0 Å². The standard InChI is InChI=1S/C9H14O3/c1-7-3-2-5-9(7,12)6-4-8(10)11/h3,12H,2,4-6H2,1H3,(H,10,11). The molecule has 0 heterocycles. The number of carboxylic acids is 1. The minimum absolute atomic E-state index is 0.0433. The van der Waals surface area contributed by atoms with E-state index in [0.717, 1.165) is 12.0 Å². The maximum atomic E-state index is 10.3. The third kappa shape index (κ3) is 1.85. The molecule has 3 heteroatoms. The summed E-state index contributed by atoms with van der Waals surface area (Å²) in [7, 11) is 0. The molecule has 0 saturated carbocycles. The average molecular weight is 170 g/mol. The summed E-state index contributed by atoms with van der Waals surface area (Å²) in [6.45, 7) is 1.86. The second kappa shape index (κ2) is 3.27. The summed E-state index contributed by atoms with van der Waals surface area (Å²) in [5.41, 5.74) is 0.0852. The minimum Gasteiger partial charge on any atom is -0.481 e. The Morgan fingerprint density at radius 3 is 2.83 bits per heavy atom. The lowest BCUT2D eigenvalue weighted by molar-refractivity contribution is -0.138. The molecule has 1 aliphatic carbocycles. The molecule has 1 aliphatic rings. The predicted molar refractivity (Wildman–Crippen MR) is 44.8 cm³/mol. The molecule has 0 aromatic rings. The largest absolute Gasteiger partial charge is 0.481 e. The van der Waals surface area contributed by atoms with Crippen LogP contribution in [-0.2, 0) is 4.79 Å². The Labute approximate surface area is 71.7 Å². The van der Waals surface area contributed by atoms with Crippen molar-refractivity contribution >= 4 is 5.97 Å². The van der Waals surface area contributed by atoms with E-state index in [4.69, 9.17) is 5.11 Å². The number of hydrogen-bond acceptors (Lipinski definition) is 2. The lowest BCUT2D eigenvalue weighted by atomic mass is 9.91. The smallest absolute Gasteiger partial charge is 0.303 e. The molecule has 68 valence electrons. The van der Waals surface area contributed by atoms with E-state index in [2.05, 4.69) is 0 Å². The van der Waals surface area contributed by atoms with Gasteiger partial charge in [0.1, 0.15) is 0 Å². The third-order valence-corrected chi connectivity index (χ3v) is 2.49. The van der Waals surface area contributed by atoms with E-state index in [0.29, 0.717) is 12.8 Å². The van der Waals surface area contributed by atoms with Crippen LogP contribution < -0.4 is 0 Å². The topological polar surface area (TPSA) is 57.5 Å². The van der Waals surface area contributed by atoms with Crippen molar-refractivity contribution in [1.82, 2.24) is 0 Å². The third-order valence-electron chi connectivity index (χ3n) is 2.49. The fraction of sp³-hybridized carbons (Fsp3) is 0.667. The van der Waals surface area contributed by atoms with Crippen LogP contribution in [0.5, 0.6) is 0 Å². The summed E-state index contributed by atoms with van der Waals surface area (Å²) in [5, 5.41) is 18.3. The fourth-order valence-corrected chi connectivity index (χ4v) is 1.55. The maximum absolute atomic E-state index is 10.3. The highest BCUT2D eigenvalue weighted by Crippen LogP contribution is 2.33. The highest BCUT2D eigenvalue weighted by atomic mass is 16.4. The molecule has 0 spiro atoms. The molecule has 12 heavy (non-hydrogen) atoms. The van der Waals surface area contributed by atoms with Crippen LogP contribution in [0.1, 0.15) is 32.6 Å². The molecule has 2 N–H and O–H groups in total. The fourth-order valence-electron chi connectivity index (χ4n) is 1.55. The molecule has 0 fully saturated rings. The van der Waals surface area contributed by atoms with Gasteiger partial charge in [-0.05, 0) is 31.8 Å². The first kappa shape index (κ1) is 9.26. The summed E-state index contributed by atoms with van der Waals surface area (Å²) in [6, 6.07) is 0. The summed E-state index contributed by atoms with van der Waals surface area (Å²) >= 11 is 0. The van der Waals surface area contributed by atoms with Crippen molar-refractivity contribution in [2.75, 3.05) is 0 Å². The van der Waals surface area contributed by atoms with Crippen molar-refractivity contribution in [1.29, 1.82) is 0 Å². The van der Waals surface area contributed by atoms with E-state index in [9.17, 15) is 9.90 Å². The molecule has 1 atom stereocenters. The number of allylic oxidation sites excluding steroid dienone is 1. The number of aliphatic carboxylic acids is 1. The number of rotatable bonds is 3. The molecule has 0 saturated heterocycles. The van der Waals surface area contributed by atoms with Crippen molar-refractivity contribution < 1.29 is 15.0 Å². The van der Waals surface area contributed by atoms with E-state index < -0.39 is 11.6 Å². The van der Waals surface area contributed by atoms with E-state index in [-0.39, 0.29) is 6.42 Å². The first-order chi connectivity index (χ1) is 5.54. The Balaban J connectivity index is 2.50. The first-order valence-electron chi connectivity index (χ1n) is 4.16. The van der Waals surface area contributed by atoms with Gasteiger partial charge in [0.05, 0.1) is 5.60 Å². The second-order valence-corrected chi connectivity index (χ2v) is 3.35. The van der Waals surface area contributed by atoms with Gasteiger partial charge in [0.25, 0.3) is 0 Å². The van der Waals surface area contributed by atoms with E-state index in [1.807, 2.05) is 13.0 Å². The van der Waals surface area contributed by atoms with Crippen LogP contribution in [0.25, 0.3) is 0 Å². The van der Waals surface area contributed by atoms with Gasteiger partial charge in [-0.1, -0.05) is 6.08 Å². The molecule has 0 aliphatic heterocycles. The lowest BCUT2D eigenvalue weighted by Crippen LogP contribution is -2.27. The van der Waals surface area contributed by atoms with Crippen molar-refractivity contribution in [2.24, 2.45) is 0 Å². The Bertz CT molecular complexity index is 220. The highest BCUT2D eigenvalue weighted by Gasteiger charge is 2.32. The molecular weight excluding hydrogens is 156 g/mol. The second-order valence-electron chi connectivity index (χ2n) is 3.35. The van der Waals surface area contributed by atoms with Crippen LogP contribution in [0.3, 0.4) is 0 Å². The van der Waals surface area contributed by atoms with Crippen molar-refractivity contribution in [3.63, 3.8) is 0 Å².